The first kappa shape index (κ1) is 15.5. The summed E-state index contributed by atoms with van der Waals surface area (Å²) in [6.45, 7) is 6.20. The Morgan fingerprint density at radius 3 is 2.85 bits per heavy atom. The lowest BCUT2D eigenvalue weighted by Crippen LogP contribution is -2.47. The van der Waals surface area contributed by atoms with Gasteiger partial charge in [-0.1, -0.05) is 43.7 Å². The Labute approximate surface area is 123 Å². The van der Waals surface area contributed by atoms with Crippen molar-refractivity contribution in [3.63, 3.8) is 0 Å². The van der Waals surface area contributed by atoms with Gasteiger partial charge in [0, 0.05) is 19.1 Å². The number of nitrogens with one attached hydrogen (secondary N) is 1. The van der Waals surface area contributed by atoms with E-state index in [9.17, 15) is 5.11 Å². The number of hydrogen-bond acceptors (Lipinski definition) is 3. The van der Waals surface area contributed by atoms with E-state index >= 15 is 0 Å². The Morgan fingerprint density at radius 1 is 1.30 bits per heavy atom. The van der Waals surface area contributed by atoms with Crippen molar-refractivity contribution in [2.24, 2.45) is 0 Å². The maximum absolute atomic E-state index is 10.4. The molecule has 0 amide bonds. The minimum Gasteiger partial charge on any atom is -0.387 e. The lowest BCUT2D eigenvalue weighted by atomic mass is 10.00. The molecule has 1 aliphatic rings. The van der Waals surface area contributed by atoms with Crippen LogP contribution in [0.4, 0.5) is 0 Å². The maximum Gasteiger partial charge on any atom is 0.0917 e. The summed E-state index contributed by atoms with van der Waals surface area (Å²) < 4.78 is 0. The summed E-state index contributed by atoms with van der Waals surface area (Å²) in [4.78, 5) is 2.46. The average molecular weight is 276 g/mol. The number of aliphatic hydroxyl groups is 1. The maximum atomic E-state index is 10.4. The molecule has 1 aliphatic heterocycles. The topological polar surface area (TPSA) is 35.5 Å². The summed E-state index contributed by atoms with van der Waals surface area (Å²) in [5.41, 5.74) is 1.03. The van der Waals surface area contributed by atoms with E-state index in [-0.39, 0.29) is 6.10 Å². The molecule has 0 saturated carbocycles. The molecule has 112 valence electrons. The fourth-order valence-electron chi connectivity index (χ4n) is 2.98. The van der Waals surface area contributed by atoms with Gasteiger partial charge in [0.25, 0.3) is 0 Å². The van der Waals surface area contributed by atoms with Crippen LogP contribution < -0.4 is 5.32 Å². The Bertz CT molecular complexity index is 369. The van der Waals surface area contributed by atoms with E-state index in [4.69, 9.17) is 0 Å². The molecular formula is C17H28N2O. The molecule has 1 heterocycles. The van der Waals surface area contributed by atoms with Crippen LogP contribution in [0.5, 0.6) is 0 Å². The molecule has 1 aromatic carbocycles. The summed E-state index contributed by atoms with van der Waals surface area (Å²) in [6.07, 6.45) is 4.63. The minimum atomic E-state index is -0.372. The van der Waals surface area contributed by atoms with Crippen LogP contribution >= 0.6 is 0 Å². The number of hydrogen-bond donors (Lipinski definition) is 2. The highest BCUT2D eigenvalue weighted by molar-refractivity contribution is 5.17. The Balaban J connectivity index is 1.87. The molecule has 0 radical (unpaired) electrons. The molecule has 0 spiro atoms. The average Bonchev–Trinajstić information content (AvgIpc) is 2.50. The first-order chi connectivity index (χ1) is 9.81. The van der Waals surface area contributed by atoms with Gasteiger partial charge in [0.1, 0.15) is 0 Å². The molecule has 1 fully saturated rings. The molecule has 0 bridgehead atoms. The third-order valence-electron chi connectivity index (χ3n) is 4.15. The number of nitrogens with zero attached hydrogens (tertiary/aromatic N) is 1. The molecule has 0 aliphatic carbocycles. The van der Waals surface area contributed by atoms with Crippen LogP contribution in [0.3, 0.4) is 0 Å². The zero-order chi connectivity index (χ0) is 14.2. The number of likely N-dealkylation sites (tertiary alicyclic amines) is 1. The van der Waals surface area contributed by atoms with Crippen LogP contribution in [0, 0.1) is 0 Å². The quantitative estimate of drug-likeness (QED) is 0.751. The summed E-state index contributed by atoms with van der Waals surface area (Å²) in [6, 6.07) is 10.6. The van der Waals surface area contributed by atoms with Crippen molar-refractivity contribution in [2.75, 3.05) is 26.2 Å². The van der Waals surface area contributed by atoms with Crippen molar-refractivity contribution >= 4 is 0 Å². The van der Waals surface area contributed by atoms with Crippen LogP contribution in [-0.4, -0.2) is 42.2 Å². The third kappa shape index (κ3) is 4.58. The van der Waals surface area contributed by atoms with Crippen LogP contribution in [0.15, 0.2) is 30.3 Å². The summed E-state index contributed by atoms with van der Waals surface area (Å²) in [5.74, 6) is 0. The zero-order valence-electron chi connectivity index (χ0n) is 12.6. The van der Waals surface area contributed by atoms with Gasteiger partial charge in [-0.2, -0.15) is 0 Å². The van der Waals surface area contributed by atoms with Gasteiger partial charge in [0.2, 0.25) is 0 Å². The summed E-state index contributed by atoms with van der Waals surface area (Å²) in [5, 5.41) is 13.9. The molecule has 2 rings (SSSR count). The predicted molar refractivity (Wildman–Crippen MR) is 83.8 cm³/mol. The molecule has 1 saturated heterocycles. The van der Waals surface area contributed by atoms with E-state index in [1.165, 1.54) is 25.7 Å². The van der Waals surface area contributed by atoms with Gasteiger partial charge in [-0.15, -0.1) is 0 Å². The van der Waals surface area contributed by atoms with E-state index in [0.29, 0.717) is 6.04 Å². The number of β-amino-alcohol motifs (C(OH)–C–C–N with tert-alkyl or cyclic N) is 1. The lowest BCUT2D eigenvalue weighted by Gasteiger charge is -2.37. The first-order valence-electron chi connectivity index (χ1n) is 7.99. The highest BCUT2D eigenvalue weighted by Crippen LogP contribution is 2.21. The van der Waals surface area contributed by atoms with Crippen molar-refractivity contribution in [3.8, 4) is 0 Å². The largest absolute Gasteiger partial charge is 0.387 e. The highest BCUT2D eigenvalue weighted by Gasteiger charge is 2.24. The molecule has 0 aromatic heterocycles. The van der Waals surface area contributed by atoms with E-state index in [2.05, 4.69) is 17.1 Å². The molecular weight excluding hydrogens is 248 g/mol. The van der Waals surface area contributed by atoms with Gasteiger partial charge in [-0.3, -0.25) is 4.90 Å². The van der Waals surface area contributed by atoms with Gasteiger partial charge in [-0.05, 0) is 37.9 Å². The zero-order valence-corrected chi connectivity index (χ0v) is 12.6. The molecule has 20 heavy (non-hydrogen) atoms. The Hall–Kier alpha value is -0.900. The molecule has 3 nitrogen and oxygen atoms in total. The van der Waals surface area contributed by atoms with Gasteiger partial charge in [0.15, 0.2) is 0 Å². The highest BCUT2D eigenvalue weighted by atomic mass is 16.3. The minimum absolute atomic E-state index is 0.372. The van der Waals surface area contributed by atoms with E-state index in [0.717, 1.165) is 31.7 Å². The molecule has 1 aromatic rings. The number of rotatable bonds is 7. The monoisotopic (exact) mass is 276 g/mol. The second kappa shape index (κ2) is 8.40. The second-order valence-electron chi connectivity index (χ2n) is 5.78. The van der Waals surface area contributed by atoms with Crippen LogP contribution in [0.2, 0.25) is 0 Å². The van der Waals surface area contributed by atoms with Crippen molar-refractivity contribution in [1.82, 2.24) is 10.2 Å². The number of aliphatic hydroxyl groups excluding tert-OH is 1. The van der Waals surface area contributed by atoms with Gasteiger partial charge in [-0.25, -0.2) is 0 Å². The standard InChI is InChI=1S/C17H28N2O/c1-2-11-18-13-16-10-6-7-12-19(16)14-17(20)15-8-4-3-5-9-15/h3-5,8-9,16-18,20H,2,6-7,10-14H2,1H3. The Morgan fingerprint density at radius 2 is 2.10 bits per heavy atom. The molecule has 2 atom stereocenters. The lowest BCUT2D eigenvalue weighted by molar-refractivity contribution is 0.0669. The third-order valence-corrected chi connectivity index (χ3v) is 4.15. The van der Waals surface area contributed by atoms with Crippen LogP contribution in [0.1, 0.15) is 44.3 Å². The molecule has 2 unspecified atom stereocenters. The molecule has 2 N–H and O–H groups in total. The van der Waals surface area contributed by atoms with Crippen molar-refractivity contribution in [2.45, 2.75) is 44.8 Å². The number of benzene rings is 1. The smallest absolute Gasteiger partial charge is 0.0917 e. The van der Waals surface area contributed by atoms with E-state index in [1.807, 2.05) is 30.3 Å². The van der Waals surface area contributed by atoms with Gasteiger partial charge < -0.3 is 10.4 Å². The first-order valence-corrected chi connectivity index (χ1v) is 7.99. The van der Waals surface area contributed by atoms with Crippen LogP contribution in [0.25, 0.3) is 0 Å². The van der Waals surface area contributed by atoms with Crippen LogP contribution in [-0.2, 0) is 0 Å². The van der Waals surface area contributed by atoms with E-state index < -0.39 is 0 Å². The van der Waals surface area contributed by atoms with Crippen molar-refractivity contribution < 1.29 is 5.11 Å². The van der Waals surface area contributed by atoms with E-state index in [1.54, 1.807) is 0 Å². The molecule has 3 heteroatoms. The van der Waals surface area contributed by atoms with Crippen molar-refractivity contribution in [3.05, 3.63) is 35.9 Å². The SMILES string of the molecule is CCCNCC1CCCCN1CC(O)c1ccccc1. The predicted octanol–water partition coefficient (Wildman–Crippen LogP) is 2.57. The van der Waals surface area contributed by atoms with Gasteiger partial charge in [0.05, 0.1) is 6.10 Å². The fraction of sp³-hybridized carbons (Fsp3) is 0.647. The van der Waals surface area contributed by atoms with Crippen molar-refractivity contribution in [1.29, 1.82) is 0 Å². The fourth-order valence-corrected chi connectivity index (χ4v) is 2.98. The van der Waals surface area contributed by atoms with Gasteiger partial charge >= 0.3 is 0 Å². The second-order valence-corrected chi connectivity index (χ2v) is 5.78. The normalized spacial score (nSPS) is 21.8. The summed E-state index contributed by atoms with van der Waals surface area (Å²) >= 11 is 0. The Kier molecular flexibility index (Phi) is 6.51. The number of piperidine rings is 1. The summed E-state index contributed by atoms with van der Waals surface area (Å²) in [7, 11) is 0.